The molecule has 0 spiro atoms. The van der Waals surface area contributed by atoms with Crippen molar-refractivity contribution in [2.45, 2.75) is 161 Å². The number of hydrogen-bond donors (Lipinski definition) is 3. The highest BCUT2D eigenvalue weighted by molar-refractivity contribution is 5.90. The van der Waals surface area contributed by atoms with Gasteiger partial charge < -0.3 is 29.9 Å². The fourth-order valence-corrected chi connectivity index (χ4v) is 6.75. The van der Waals surface area contributed by atoms with Crippen molar-refractivity contribution in [2.24, 2.45) is 0 Å². The first-order valence-electron chi connectivity index (χ1n) is 19.8. The Morgan fingerprint density at radius 2 is 1.34 bits per heavy atom. The lowest BCUT2D eigenvalue weighted by molar-refractivity contribution is -0.253. The van der Waals surface area contributed by atoms with Crippen LogP contribution in [0.4, 0.5) is 5.69 Å². The maximum Gasteiger partial charge on any atom is 0.303 e. The van der Waals surface area contributed by atoms with E-state index in [4.69, 9.17) is 14.6 Å². The molecule has 1 heterocycles. The maximum atomic E-state index is 12.7. The van der Waals surface area contributed by atoms with Gasteiger partial charge in [-0.2, -0.15) is 0 Å². The quantitative estimate of drug-likeness (QED) is 0.0799. The number of hydrogen-bond acceptors (Lipinski definition) is 6. The van der Waals surface area contributed by atoms with Crippen LogP contribution in [0.3, 0.4) is 0 Å². The number of benzene rings is 2. The molecule has 0 saturated carbocycles. The fourth-order valence-electron chi connectivity index (χ4n) is 6.75. The average molecular weight is 695 g/mol. The number of carbonyl (C=O) groups is 2. The highest BCUT2D eigenvalue weighted by Gasteiger charge is 2.33. The third-order valence-electron chi connectivity index (χ3n) is 9.72. The summed E-state index contributed by atoms with van der Waals surface area (Å²) >= 11 is 0. The van der Waals surface area contributed by atoms with Crippen molar-refractivity contribution in [3.8, 4) is 0 Å². The highest BCUT2D eigenvalue weighted by atomic mass is 16.7. The van der Waals surface area contributed by atoms with E-state index in [2.05, 4.69) is 36.2 Å². The van der Waals surface area contributed by atoms with E-state index >= 15 is 0 Å². The normalized spacial score (nSPS) is 17.6. The van der Waals surface area contributed by atoms with Crippen LogP contribution in [0.2, 0.25) is 0 Å². The van der Waals surface area contributed by atoms with Crippen LogP contribution in [0.25, 0.3) is 0 Å². The van der Waals surface area contributed by atoms with E-state index in [0.717, 1.165) is 62.0 Å². The average Bonchev–Trinajstić information content (AvgIpc) is 3.12. The summed E-state index contributed by atoms with van der Waals surface area (Å²) in [4.78, 5) is 26.1. The van der Waals surface area contributed by atoms with Crippen LogP contribution in [-0.4, -0.2) is 52.7 Å². The minimum atomic E-state index is -0.774. The highest BCUT2D eigenvalue weighted by Crippen LogP contribution is 2.39. The third-order valence-corrected chi connectivity index (χ3v) is 9.72. The summed E-state index contributed by atoms with van der Waals surface area (Å²) in [6.45, 7) is 7.57. The number of carboxylic acids is 1. The van der Waals surface area contributed by atoms with Crippen molar-refractivity contribution >= 4 is 17.6 Å². The van der Waals surface area contributed by atoms with Gasteiger partial charge in [-0.05, 0) is 62.0 Å². The van der Waals surface area contributed by atoms with Crippen molar-refractivity contribution in [1.82, 2.24) is 4.90 Å². The monoisotopic (exact) mass is 694 g/mol. The molecule has 1 amide bonds. The number of unbranched alkanes of at least 4 members (excludes halogenated alkanes) is 13. The summed E-state index contributed by atoms with van der Waals surface area (Å²) in [6, 6.07) is 15.8. The number of ether oxygens (including phenoxy) is 2. The van der Waals surface area contributed by atoms with Gasteiger partial charge in [0.05, 0.1) is 18.8 Å². The van der Waals surface area contributed by atoms with Crippen molar-refractivity contribution in [1.29, 1.82) is 0 Å². The lowest BCUT2D eigenvalue weighted by Gasteiger charge is -2.38. The minimum Gasteiger partial charge on any atom is -0.481 e. The molecule has 8 heteroatoms. The SMILES string of the molecule is CCCCCCCCN(CCCCCCCC)C[C@@H]1C[C@H](c2ccc(CO)cc2)O[C@H](c2cccc(NC(=O)CCCCCCC(=O)O)c2)O1. The van der Waals surface area contributed by atoms with Crippen LogP contribution in [0.5, 0.6) is 0 Å². The van der Waals surface area contributed by atoms with Gasteiger partial charge in [0.25, 0.3) is 0 Å². The largest absolute Gasteiger partial charge is 0.481 e. The second kappa shape index (κ2) is 25.2. The number of nitrogens with one attached hydrogen (secondary N) is 1. The van der Waals surface area contributed by atoms with Gasteiger partial charge in [-0.25, -0.2) is 0 Å². The smallest absolute Gasteiger partial charge is 0.303 e. The molecule has 0 aliphatic carbocycles. The molecular weight excluding hydrogens is 628 g/mol. The summed E-state index contributed by atoms with van der Waals surface area (Å²) in [5, 5.41) is 21.5. The zero-order valence-corrected chi connectivity index (χ0v) is 31.1. The summed E-state index contributed by atoms with van der Waals surface area (Å²) in [5.41, 5.74) is 3.54. The molecule has 0 aromatic heterocycles. The molecule has 3 N–H and O–H groups in total. The second-order valence-corrected chi connectivity index (χ2v) is 14.2. The first-order valence-corrected chi connectivity index (χ1v) is 19.8. The second-order valence-electron chi connectivity index (χ2n) is 14.2. The van der Waals surface area contributed by atoms with Crippen LogP contribution in [0, 0.1) is 0 Å². The van der Waals surface area contributed by atoms with Gasteiger partial charge in [0.15, 0.2) is 6.29 Å². The molecule has 1 aliphatic heterocycles. The zero-order chi connectivity index (χ0) is 35.8. The Morgan fingerprint density at radius 1 is 0.740 bits per heavy atom. The first-order chi connectivity index (χ1) is 24.4. The van der Waals surface area contributed by atoms with Gasteiger partial charge >= 0.3 is 5.97 Å². The van der Waals surface area contributed by atoms with Crippen molar-refractivity contribution in [2.75, 3.05) is 25.0 Å². The summed E-state index contributed by atoms with van der Waals surface area (Å²) in [5.74, 6) is -0.824. The van der Waals surface area contributed by atoms with Crippen molar-refractivity contribution < 1.29 is 29.3 Å². The Morgan fingerprint density at radius 3 is 1.96 bits per heavy atom. The summed E-state index contributed by atoms with van der Waals surface area (Å²) in [6.07, 6.45) is 19.0. The van der Waals surface area contributed by atoms with Gasteiger partial charge in [0.1, 0.15) is 0 Å². The Kier molecular flexibility index (Phi) is 21.0. The molecule has 3 rings (SSSR count). The number of aliphatic hydroxyl groups excluding tert-OH is 1. The van der Waals surface area contributed by atoms with E-state index in [9.17, 15) is 14.7 Å². The molecule has 50 heavy (non-hydrogen) atoms. The van der Waals surface area contributed by atoms with Crippen LogP contribution < -0.4 is 5.32 Å². The minimum absolute atomic E-state index is 0.00918. The van der Waals surface area contributed by atoms with E-state index in [1.165, 1.54) is 77.0 Å². The van der Waals surface area contributed by atoms with Crippen LogP contribution in [-0.2, 0) is 25.7 Å². The summed E-state index contributed by atoms with van der Waals surface area (Å²) < 4.78 is 13.4. The van der Waals surface area contributed by atoms with Crippen LogP contribution >= 0.6 is 0 Å². The Balaban J connectivity index is 1.68. The molecule has 1 fully saturated rings. The molecule has 0 bridgehead atoms. The predicted molar refractivity (Wildman–Crippen MR) is 202 cm³/mol. The number of carboxylic acid groups (broad SMARTS) is 1. The van der Waals surface area contributed by atoms with E-state index in [-0.39, 0.29) is 31.1 Å². The van der Waals surface area contributed by atoms with E-state index in [0.29, 0.717) is 18.5 Å². The van der Waals surface area contributed by atoms with Gasteiger partial charge in [0, 0.05) is 37.1 Å². The first kappa shape index (κ1) is 41.6. The number of rotatable bonds is 27. The topological polar surface area (TPSA) is 108 Å². The Hall–Kier alpha value is -2.78. The number of nitrogens with zero attached hydrogens (tertiary/aromatic N) is 1. The lowest BCUT2D eigenvalue weighted by Crippen LogP contribution is -2.40. The van der Waals surface area contributed by atoms with Crippen LogP contribution in [0.1, 0.15) is 165 Å². The molecule has 2 aromatic carbocycles. The zero-order valence-electron chi connectivity index (χ0n) is 31.1. The van der Waals surface area contributed by atoms with Gasteiger partial charge in [-0.3, -0.25) is 9.59 Å². The molecule has 8 nitrogen and oxygen atoms in total. The molecule has 0 unspecified atom stereocenters. The lowest BCUT2D eigenvalue weighted by atomic mass is 9.99. The van der Waals surface area contributed by atoms with Crippen molar-refractivity contribution in [3.05, 3.63) is 65.2 Å². The Labute approximate surface area is 302 Å². The standard InChI is InChI=1S/C42H66N2O6/c1-3-5-7-9-13-17-28-44(29-18-14-10-8-6-4-2)32-38-31-39(35-26-24-34(33-45)25-27-35)50-42(49-38)36-20-19-21-37(30-36)43-40(46)22-15-11-12-16-23-41(47)48/h19-21,24-27,30,38-39,42,45H,3-18,22-23,28-29,31-33H2,1-2H3,(H,43,46)(H,47,48)/t38-,39+,42+/m0/s1. The van der Waals surface area contributed by atoms with Gasteiger partial charge in [0.2, 0.25) is 5.91 Å². The van der Waals surface area contributed by atoms with Crippen LogP contribution in [0.15, 0.2) is 48.5 Å². The Bertz CT molecular complexity index is 1190. The number of anilines is 1. The molecule has 2 aromatic rings. The van der Waals surface area contributed by atoms with E-state index in [1.807, 2.05) is 36.4 Å². The molecule has 0 radical (unpaired) electrons. The third kappa shape index (κ3) is 17.0. The summed E-state index contributed by atoms with van der Waals surface area (Å²) in [7, 11) is 0. The number of carbonyl (C=O) groups excluding carboxylic acids is 1. The maximum absolute atomic E-state index is 12.7. The molecule has 1 aliphatic rings. The van der Waals surface area contributed by atoms with Crippen molar-refractivity contribution in [3.63, 3.8) is 0 Å². The number of aliphatic carboxylic acids is 1. The van der Waals surface area contributed by atoms with Gasteiger partial charge in [-0.1, -0.05) is 127 Å². The molecule has 3 atom stereocenters. The van der Waals surface area contributed by atoms with Gasteiger partial charge in [-0.15, -0.1) is 0 Å². The van der Waals surface area contributed by atoms with E-state index < -0.39 is 12.3 Å². The molecular formula is C42H66N2O6. The fraction of sp³-hybridized carbons (Fsp3) is 0.667. The molecule has 1 saturated heterocycles. The van der Waals surface area contributed by atoms with E-state index in [1.54, 1.807) is 0 Å². The molecule has 280 valence electrons. The number of amides is 1. The number of aliphatic hydroxyl groups is 1. The predicted octanol–water partition coefficient (Wildman–Crippen LogP) is 10.1.